The second-order valence-electron chi connectivity index (χ2n) is 15.4. The van der Waals surface area contributed by atoms with Crippen LogP contribution in [0.3, 0.4) is 0 Å². The zero-order chi connectivity index (χ0) is 38.5. The Hall–Kier alpha value is -2.72. The van der Waals surface area contributed by atoms with Gasteiger partial charge in [0.2, 0.25) is 23.3 Å². The lowest BCUT2D eigenvalue weighted by Gasteiger charge is -2.28. The minimum Gasteiger partial charge on any atom is -0.491 e. The summed E-state index contributed by atoms with van der Waals surface area (Å²) in [6, 6.07) is 5.72. The lowest BCUT2D eigenvalue weighted by Crippen LogP contribution is -2.25. The van der Waals surface area contributed by atoms with Gasteiger partial charge in [0.05, 0.1) is 38.6 Å². The van der Waals surface area contributed by atoms with Crippen molar-refractivity contribution in [1.82, 2.24) is 0 Å². The van der Waals surface area contributed by atoms with E-state index in [-0.39, 0.29) is 36.2 Å². The molecule has 2 saturated carbocycles. The molecule has 4 rings (SSSR count). The second-order valence-corrected chi connectivity index (χ2v) is 15.4. The maximum absolute atomic E-state index is 14.3. The molecule has 0 saturated heterocycles. The van der Waals surface area contributed by atoms with Crippen molar-refractivity contribution in [3.05, 3.63) is 47.5 Å². The SMILES string of the molecule is CCOc1ccc(OCC2CCC(OCCCCCCC(C)CCCCCCOC3CCC(COc4ccc(OCC)c(F)c4F)CC3)CC2)c(F)c1F. The zero-order valence-corrected chi connectivity index (χ0v) is 33.1. The van der Waals surface area contributed by atoms with Gasteiger partial charge in [-0.25, -0.2) is 0 Å². The Morgan fingerprint density at radius 2 is 0.815 bits per heavy atom. The van der Waals surface area contributed by atoms with Gasteiger partial charge < -0.3 is 28.4 Å². The van der Waals surface area contributed by atoms with E-state index in [9.17, 15) is 17.6 Å². The molecule has 0 unspecified atom stereocenters. The second kappa shape index (κ2) is 24.7. The molecule has 2 aliphatic carbocycles. The van der Waals surface area contributed by atoms with Gasteiger partial charge in [-0.3, -0.25) is 0 Å². The fraction of sp³-hybridized carbons (Fsp3) is 0.727. The van der Waals surface area contributed by atoms with E-state index in [1.165, 1.54) is 75.6 Å². The van der Waals surface area contributed by atoms with Crippen molar-refractivity contribution >= 4 is 0 Å². The number of benzene rings is 2. The van der Waals surface area contributed by atoms with Crippen LogP contribution in [0.15, 0.2) is 24.3 Å². The number of hydrogen-bond donors (Lipinski definition) is 0. The predicted octanol–water partition coefficient (Wildman–Crippen LogP) is 12.2. The zero-order valence-electron chi connectivity index (χ0n) is 33.1. The smallest absolute Gasteiger partial charge is 0.204 e. The minimum atomic E-state index is -0.994. The van der Waals surface area contributed by atoms with Gasteiger partial charge >= 0.3 is 0 Å². The first kappa shape index (κ1) is 44.0. The van der Waals surface area contributed by atoms with Gasteiger partial charge in [0.15, 0.2) is 23.0 Å². The molecule has 0 aromatic heterocycles. The Morgan fingerprint density at radius 1 is 0.481 bits per heavy atom. The van der Waals surface area contributed by atoms with Gasteiger partial charge in [0, 0.05) is 13.2 Å². The third-order valence-corrected chi connectivity index (χ3v) is 11.0. The molecule has 0 amide bonds. The first-order valence-electron chi connectivity index (χ1n) is 21.0. The molecule has 2 aromatic carbocycles. The van der Waals surface area contributed by atoms with Gasteiger partial charge in [-0.05, 0) is 120 Å². The van der Waals surface area contributed by atoms with E-state index in [1.807, 2.05) is 0 Å². The molecule has 10 heteroatoms. The number of ether oxygens (including phenoxy) is 6. The van der Waals surface area contributed by atoms with Crippen LogP contribution in [0.25, 0.3) is 0 Å². The molecule has 2 fully saturated rings. The summed E-state index contributed by atoms with van der Waals surface area (Å²) in [5.41, 5.74) is 0. The average Bonchev–Trinajstić information content (AvgIpc) is 3.18. The fourth-order valence-corrected chi connectivity index (χ4v) is 7.67. The van der Waals surface area contributed by atoms with Crippen LogP contribution >= 0.6 is 0 Å². The topological polar surface area (TPSA) is 55.4 Å². The lowest BCUT2D eigenvalue weighted by atomic mass is 9.88. The van der Waals surface area contributed by atoms with E-state index in [2.05, 4.69) is 6.92 Å². The van der Waals surface area contributed by atoms with Crippen LogP contribution in [0.1, 0.15) is 136 Å². The van der Waals surface area contributed by atoms with Gasteiger partial charge in [-0.2, -0.15) is 17.6 Å². The highest BCUT2D eigenvalue weighted by Crippen LogP contribution is 2.33. The summed E-state index contributed by atoms with van der Waals surface area (Å²) < 4.78 is 90.6. The maximum atomic E-state index is 14.3. The van der Waals surface area contributed by atoms with E-state index in [0.29, 0.717) is 37.3 Å². The largest absolute Gasteiger partial charge is 0.491 e. The van der Waals surface area contributed by atoms with Crippen LogP contribution in [0.5, 0.6) is 23.0 Å². The summed E-state index contributed by atoms with van der Waals surface area (Å²) in [5, 5.41) is 0. The van der Waals surface area contributed by atoms with Gasteiger partial charge in [0.25, 0.3) is 0 Å². The number of rotatable bonds is 26. The Kier molecular flexibility index (Phi) is 20.1. The molecule has 0 spiro atoms. The summed E-state index contributed by atoms with van der Waals surface area (Å²) in [4.78, 5) is 0. The van der Waals surface area contributed by atoms with Crippen LogP contribution in [-0.4, -0.2) is 51.8 Å². The summed E-state index contributed by atoms with van der Waals surface area (Å²) in [6.07, 6.45) is 20.7. The molecular formula is C44H66F4O6. The molecule has 6 nitrogen and oxygen atoms in total. The summed E-state index contributed by atoms with van der Waals surface area (Å²) >= 11 is 0. The Labute approximate surface area is 321 Å². The van der Waals surface area contributed by atoms with Crippen LogP contribution in [0, 0.1) is 41.0 Å². The molecule has 0 N–H and O–H groups in total. The minimum absolute atomic E-state index is 0.0547. The van der Waals surface area contributed by atoms with Crippen LogP contribution in [0.4, 0.5) is 17.6 Å². The van der Waals surface area contributed by atoms with Crippen LogP contribution in [0.2, 0.25) is 0 Å². The van der Waals surface area contributed by atoms with Crippen molar-refractivity contribution in [2.75, 3.05) is 39.6 Å². The quantitative estimate of drug-likeness (QED) is 0.0702. The van der Waals surface area contributed by atoms with Crippen molar-refractivity contribution in [3.8, 4) is 23.0 Å². The number of unbranched alkanes of at least 4 members (excludes halogenated alkanes) is 6. The molecule has 306 valence electrons. The van der Waals surface area contributed by atoms with Gasteiger partial charge in [-0.1, -0.05) is 58.3 Å². The third kappa shape index (κ3) is 15.1. The van der Waals surface area contributed by atoms with Crippen molar-refractivity contribution in [3.63, 3.8) is 0 Å². The normalized spacial score (nSPS) is 20.8. The maximum Gasteiger partial charge on any atom is 0.204 e. The fourth-order valence-electron chi connectivity index (χ4n) is 7.67. The highest BCUT2D eigenvalue weighted by atomic mass is 19.2. The van der Waals surface area contributed by atoms with Crippen molar-refractivity contribution in [1.29, 1.82) is 0 Å². The van der Waals surface area contributed by atoms with Gasteiger partial charge in [-0.15, -0.1) is 0 Å². The van der Waals surface area contributed by atoms with Crippen molar-refractivity contribution < 1.29 is 46.0 Å². The molecule has 0 aliphatic heterocycles. The van der Waals surface area contributed by atoms with E-state index < -0.39 is 23.3 Å². The predicted molar refractivity (Wildman–Crippen MR) is 205 cm³/mol. The third-order valence-electron chi connectivity index (χ3n) is 11.0. The standard InChI is InChI=1S/C44H66F4O6/c1-4-49-37-24-26-39(43(47)41(37)45)53-30-33-16-20-35(21-17-33)51-28-12-8-6-10-14-32(3)15-11-7-9-13-29-52-36-22-18-34(19-23-36)31-54-40-27-25-38(50-5-2)42(46)44(40)48/h24-27,32-36H,4-23,28-31H2,1-3H3. The van der Waals surface area contributed by atoms with Crippen LogP contribution in [-0.2, 0) is 9.47 Å². The van der Waals surface area contributed by atoms with E-state index in [0.717, 1.165) is 83.3 Å². The Balaban J connectivity index is 0.904. The summed E-state index contributed by atoms with van der Waals surface area (Å²) in [7, 11) is 0. The van der Waals surface area contributed by atoms with Gasteiger partial charge in [0.1, 0.15) is 0 Å². The molecular weight excluding hydrogens is 700 g/mol. The van der Waals surface area contributed by atoms with Crippen molar-refractivity contribution in [2.45, 2.75) is 149 Å². The molecule has 2 aliphatic rings. The highest BCUT2D eigenvalue weighted by Gasteiger charge is 2.25. The molecule has 0 heterocycles. The highest BCUT2D eigenvalue weighted by molar-refractivity contribution is 5.36. The van der Waals surface area contributed by atoms with E-state index in [1.54, 1.807) is 13.8 Å². The summed E-state index contributed by atoms with van der Waals surface area (Å²) in [6.45, 7) is 8.79. The molecule has 0 bridgehead atoms. The Morgan fingerprint density at radius 3 is 1.17 bits per heavy atom. The van der Waals surface area contributed by atoms with E-state index >= 15 is 0 Å². The number of hydrogen-bond acceptors (Lipinski definition) is 6. The van der Waals surface area contributed by atoms with Crippen LogP contribution < -0.4 is 18.9 Å². The Bertz CT molecular complexity index is 1230. The molecule has 2 aromatic rings. The van der Waals surface area contributed by atoms with Crippen molar-refractivity contribution in [2.24, 2.45) is 17.8 Å². The molecule has 54 heavy (non-hydrogen) atoms. The first-order valence-corrected chi connectivity index (χ1v) is 21.0. The first-order chi connectivity index (χ1) is 26.3. The molecule has 0 atom stereocenters. The summed E-state index contributed by atoms with van der Waals surface area (Å²) in [5.74, 6) is -2.82. The monoisotopic (exact) mass is 766 g/mol. The lowest BCUT2D eigenvalue weighted by molar-refractivity contribution is 0.0107. The average molecular weight is 767 g/mol. The number of halogens is 4. The molecule has 0 radical (unpaired) electrons. The van der Waals surface area contributed by atoms with E-state index in [4.69, 9.17) is 28.4 Å².